The molecule has 3 rings (SSSR count). The topological polar surface area (TPSA) is 57.6 Å². The highest BCUT2D eigenvalue weighted by atomic mass is 32.2. The van der Waals surface area contributed by atoms with Gasteiger partial charge < -0.3 is 5.11 Å². The number of carbonyl (C=O) groups excluding carboxylic acids is 1. The first-order valence-corrected chi connectivity index (χ1v) is 9.30. The van der Waals surface area contributed by atoms with Crippen molar-refractivity contribution in [1.82, 2.24) is 0 Å². The summed E-state index contributed by atoms with van der Waals surface area (Å²) in [6.45, 7) is 4.27. The molecule has 0 spiro atoms. The quantitative estimate of drug-likeness (QED) is 0.600. The Morgan fingerprint density at radius 1 is 1.12 bits per heavy atom. The largest absolute Gasteiger partial charge is 0.478 e. The number of carbonyl (C=O) groups is 2. The molecule has 0 atom stereocenters. The van der Waals surface area contributed by atoms with Crippen molar-refractivity contribution in [2.45, 2.75) is 19.8 Å². The maximum Gasteiger partial charge on any atom is 0.335 e. The highest BCUT2D eigenvalue weighted by Gasteiger charge is 2.33. The van der Waals surface area contributed by atoms with Gasteiger partial charge in [0, 0.05) is 0 Å². The monoisotopic (exact) mass is 383 g/mol. The smallest absolute Gasteiger partial charge is 0.335 e. The summed E-state index contributed by atoms with van der Waals surface area (Å²) >= 11 is 6.59. The zero-order valence-corrected chi connectivity index (χ0v) is 15.9. The summed E-state index contributed by atoms with van der Waals surface area (Å²) in [6.07, 6.45) is 1.83. The number of thioether (sulfide) groups is 1. The van der Waals surface area contributed by atoms with E-state index in [4.69, 9.17) is 17.3 Å². The molecule has 1 heterocycles. The maximum atomic E-state index is 12.7. The molecular weight excluding hydrogens is 366 g/mol. The highest BCUT2D eigenvalue weighted by molar-refractivity contribution is 8.27. The van der Waals surface area contributed by atoms with Crippen LogP contribution in [0.3, 0.4) is 0 Å². The second-order valence-electron chi connectivity index (χ2n) is 6.19. The summed E-state index contributed by atoms with van der Waals surface area (Å²) in [5.41, 5.74) is 2.92. The van der Waals surface area contributed by atoms with Gasteiger partial charge in [-0.2, -0.15) is 0 Å². The van der Waals surface area contributed by atoms with E-state index in [1.165, 1.54) is 34.4 Å². The van der Waals surface area contributed by atoms with Crippen molar-refractivity contribution < 1.29 is 14.7 Å². The van der Waals surface area contributed by atoms with Crippen LogP contribution in [0, 0.1) is 0 Å². The Morgan fingerprint density at radius 2 is 1.73 bits per heavy atom. The number of nitrogens with zero attached hydrogens (tertiary/aromatic N) is 1. The average molecular weight is 383 g/mol. The second-order valence-corrected chi connectivity index (χ2v) is 7.87. The summed E-state index contributed by atoms with van der Waals surface area (Å²) in [7, 11) is 0. The summed E-state index contributed by atoms with van der Waals surface area (Å²) in [5, 5.41) is 8.99. The normalized spacial score (nSPS) is 16.0. The van der Waals surface area contributed by atoms with Gasteiger partial charge in [-0.05, 0) is 47.4 Å². The molecule has 0 radical (unpaired) electrons. The van der Waals surface area contributed by atoms with Crippen molar-refractivity contribution in [2.75, 3.05) is 4.90 Å². The van der Waals surface area contributed by atoms with Gasteiger partial charge >= 0.3 is 5.97 Å². The molecule has 0 unspecified atom stereocenters. The minimum atomic E-state index is -1.01. The number of hydrogen-bond donors (Lipinski definition) is 1. The van der Waals surface area contributed by atoms with Gasteiger partial charge in [-0.1, -0.05) is 62.1 Å². The number of carboxylic acid groups (broad SMARTS) is 1. The van der Waals surface area contributed by atoms with Crippen LogP contribution >= 0.6 is 24.0 Å². The Labute approximate surface area is 161 Å². The van der Waals surface area contributed by atoms with Gasteiger partial charge in [-0.25, -0.2) is 4.79 Å². The Morgan fingerprint density at radius 3 is 2.27 bits per heavy atom. The van der Waals surface area contributed by atoms with Crippen LogP contribution in [-0.2, 0) is 4.79 Å². The molecular formula is C20H17NO3S2. The van der Waals surface area contributed by atoms with E-state index in [9.17, 15) is 9.59 Å². The first kappa shape index (κ1) is 18.4. The van der Waals surface area contributed by atoms with Crippen LogP contribution < -0.4 is 4.90 Å². The number of benzene rings is 2. The number of thiocarbonyl (C=S) groups is 1. The fourth-order valence-electron chi connectivity index (χ4n) is 2.57. The van der Waals surface area contributed by atoms with Crippen molar-refractivity contribution in [1.29, 1.82) is 0 Å². The van der Waals surface area contributed by atoms with Crippen LogP contribution in [0.25, 0.3) is 6.08 Å². The number of carboxylic acids is 1. The minimum absolute atomic E-state index is 0.167. The van der Waals surface area contributed by atoms with Gasteiger partial charge in [0.25, 0.3) is 5.91 Å². The van der Waals surface area contributed by atoms with Gasteiger partial charge in [0.2, 0.25) is 0 Å². The molecule has 26 heavy (non-hydrogen) atoms. The maximum absolute atomic E-state index is 12.7. The molecule has 1 aliphatic heterocycles. The lowest BCUT2D eigenvalue weighted by atomic mass is 10.0. The highest BCUT2D eigenvalue weighted by Crippen LogP contribution is 2.36. The summed E-state index contributed by atoms with van der Waals surface area (Å²) in [6, 6.07) is 14.2. The number of aromatic carboxylic acids is 1. The summed E-state index contributed by atoms with van der Waals surface area (Å²) in [4.78, 5) is 25.7. The molecule has 1 N–H and O–H groups in total. The predicted molar refractivity (Wildman–Crippen MR) is 110 cm³/mol. The lowest BCUT2D eigenvalue weighted by Crippen LogP contribution is -2.27. The van der Waals surface area contributed by atoms with Gasteiger partial charge in [-0.15, -0.1) is 0 Å². The van der Waals surface area contributed by atoms with E-state index >= 15 is 0 Å². The van der Waals surface area contributed by atoms with Crippen LogP contribution in [0.2, 0.25) is 0 Å². The summed E-state index contributed by atoms with van der Waals surface area (Å²) < 4.78 is 0.433. The van der Waals surface area contributed by atoms with Gasteiger partial charge in [0.05, 0.1) is 16.2 Å². The average Bonchev–Trinajstić information content (AvgIpc) is 2.89. The van der Waals surface area contributed by atoms with Crippen LogP contribution in [0.1, 0.15) is 41.3 Å². The zero-order valence-electron chi connectivity index (χ0n) is 14.3. The lowest BCUT2D eigenvalue weighted by Gasteiger charge is -2.14. The van der Waals surface area contributed by atoms with E-state index in [0.717, 1.165) is 5.56 Å². The molecule has 4 nitrogen and oxygen atoms in total. The van der Waals surface area contributed by atoms with Gasteiger partial charge in [-0.3, -0.25) is 9.69 Å². The Bertz CT molecular complexity index is 900. The molecule has 2 aromatic rings. The van der Waals surface area contributed by atoms with Crippen LogP contribution in [0.4, 0.5) is 5.69 Å². The van der Waals surface area contributed by atoms with E-state index in [0.29, 0.717) is 20.8 Å². The lowest BCUT2D eigenvalue weighted by molar-refractivity contribution is -0.113. The van der Waals surface area contributed by atoms with Crippen LogP contribution in [0.15, 0.2) is 53.4 Å². The molecule has 0 aliphatic carbocycles. The molecule has 132 valence electrons. The number of hydrogen-bond acceptors (Lipinski definition) is 4. The van der Waals surface area contributed by atoms with Gasteiger partial charge in [0.1, 0.15) is 0 Å². The second kappa shape index (κ2) is 7.43. The van der Waals surface area contributed by atoms with Crippen LogP contribution in [0.5, 0.6) is 0 Å². The van der Waals surface area contributed by atoms with Gasteiger partial charge in [0.15, 0.2) is 4.32 Å². The predicted octanol–water partition coefficient (Wildman–Crippen LogP) is 4.91. The van der Waals surface area contributed by atoms with Crippen molar-refractivity contribution in [2.24, 2.45) is 0 Å². The van der Waals surface area contributed by atoms with Crippen molar-refractivity contribution in [3.63, 3.8) is 0 Å². The molecule has 6 heteroatoms. The fourth-order valence-corrected chi connectivity index (χ4v) is 3.87. The SMILES string of the molecule is CC(C)c1ccc(/C=C2/SC(=S)N(c3ccc(C(=O)O)cc3)C2=O)cc1. The van der Waals surface area contributed by atoms with E-state index in [2.05, 4.69) is 26.0 Å². The molecule has 0 bridgehead atoms. The molecule has 1 fully saturated rings. The molecule has 1 saturated heterocycles. The third kappa shape index (κ3) is 3.71. The van der Waals surface area contributed by atoms with Crippen molar-refractivity contribution >= 4 is 51.9 Å². The van der Waals surface area contributed by atoms with E-state index < -0.39 is 5.97 Å². The molecule has 1 aliphatic rings. The standard InChI is InChI=1S/C20H17NO3S2/c1-12(2)14-5-3-13(4-6-14)11-17-18(22)21(20(25)26-17)16-9-7-15(8-10-16)19(23)24/h3-12H,1-2H3,(H,23,24)/b17-11+. The van der Waals surface area contributed by atoms with Crippen molar-refractivity contribution in [3.8, 4) is 0 Å². The molecule has 0 aromatic heterocycles. The van der Waals surface area contributed by atoms with E-state index in [-0.39, 0.29) is 11.5 Å². The summed E-state index contributed by atoms with van der Waals surface area (Å²) in [5.74, 6) is -0.751. The third-order valence-corrected chi connectivity index (χ3v) is 5.37. The Balaban J connectivity index is 1.85. The Kier molecular flexibility index (Phi) is 5.25. The van der Waals surface area contributed by atoms with Crippen molar-refractivity contribution in [3.05, 3.63) is 70.1 Å². The number of rotatable bonds is 4. The number of anilines is 1. The van der Waals surface area contributed by atoms with E-state index in [1.54, 1.807) is 12.1 Å². The minimum Gasteiger partial charge on any atom is -0.478 e. The molecule has 2 aromatic carbocycles. The zero-order chi connectivity index (χ0) is 18.8. The first-order valence-electron chi connectivity index (χ1n) is 8.08. The first-order chi connectivity index (χ1) is 12.4. The number of amides is 1. The molecule has 0 saturated carbocycles. The third-order valence-electron chi connectivity index (χ3n) is 4.07. The van der Waals surface area contributed by atoms with Crippen LogP contribution in [-0.4, -0.2) is 21.3 Å². The van der Waals surface area contributed by atoms with E-state index in [1.807, 2.05) is 18.2 Å². The Hall–Kier alpha value is -2.44. The fraction of sp³-hybridized carbons (Fsp3) is 0.150. The molecule has 1 amide bonds.